The van der Waals surface area contributed by atoms with E-state index < -0.39 is 34.0 Å². The van der Waals surface area contributed by atoms with Crippen LogP contribution < -0.4 is 14.9 Å². The second-order valence-electron chi connectivity index (χ2n) is 6.16. The molecule has 0 unspecified atom stereocenters. The van der Waals surface area contributed by atoms with Gasteiger partial charge in [0.2, 0.25) is 5.94 Å². The molecule has 0 saturated heterocycles. The Morgan fingerprint density at radius 2 is 2.07 bits per heavy atom. The van der Waals surface area contributed by atoms with E-state index in [-0.39, 0.29) is 11.3 Å². The first-order valence-corrected chi connectivity index (χ1v) is 11.2. The molecule has 8 nitrogen and oxygen atoms in total. The van der Waals surface area contributed by atoms with Crippen molar-refractivity contribution in [2.24, 2.45) is 0 Å². The molecule has 1 aliphatic heterocycles. The lowest BCUT2D eigenvalue weighted by atomic mass is 10.1. The standard InChI is InChI=1S/C18H20O8S2/c1-2-3-6-24-11-4-5-12-15(7-11)27-9-14-16(20)13(8-19)18(26-17(12)14)25-10-28(21,22)23/h4-5,7,19H,2-3,6,8-10H2,1H3,(H,21,22,23). The van der Waals surface area contributed by atoms with Crippen molar-refractivity contribution in [3.8, 4) is 23.0 Å². The summed E-state index contributed by atoms with van der Waals surface area (Å²) in [6.45, 7) is 2.00. The molecule has 2 N–H and O–H groups in total. The van der Waals surface area contributed by atoms with E-state index in [1.54, 1.807) is 12.1 Å². The number of aliphatic hydroxyl groups excluding tert-OH is 1. The molecular weight excluding hydrogens is 408 g/mol. The third-order valence-electron chi connectivity index (χ3n) is 4.10. The van der Waals surface area contributed by atoms with Crippen LogP contribution in [0.15, 0.2) is 32.3 Å². The van der Waals surface area contributed by atoms with Gasteiger partial charge >= 0.3 is 10.1 Å². The van der Waals surface area contributed by atoms with Gasteiger partial charge in [-0.15, -0.1) is 11.8 Å². The number of aliphatic hydroxyl groups is 1. The Morgan fingerprint density at radius 1 is 1.29 bits per heavy atom. The zero-order valence-corrected chi connectivity index (χ0v) is 16.8. The lowest BCUT2D eigenvalue weighted by Crippen LogP contribution is -2.20. The fourth-order valence-electron chi connectivity index (χ4n) is 2.71. The van der Waals surface area contributed by atoms with E-state index in [0.717, 1.165) is 17.7 Å². The monoisotopic (exact) mass is 428 g/mol. The SMILES string of the molecule is CCCCOc1ccc2c(c1)SCc1c-2oc(OCS(=O)(=O)O)c(CO)c1=O. The number of rotatable bonds is 8. The zero-order valence-electron chi connectivity index (χ0n) is 15.1. The van der Waals surface area contributed by atoms with Gasteiger partial charge in [-0.05, 0) is 24.6 Å². The average molecular weight is 428 g/mol. The quantitative estimate of drug-likeness (QED) is 0.482. The first-order valence-electron chi connectivity index (χ1n) is 8.61. The number of fused-ring (bicyclic) bond motifs is 3. The summed E-state index contributed by atoms with van der Waals surface area (Å²) in [6.07, 6.45) is 1.97. The molecule has 1 aromatic carbocycles. The Bertz CT molecular complexity index is 1030. The molecular formula is C18H20O8S2. The van der Waals surface area contributed by atoms with Gasteiger partial charge in [-0.2, -0.15) is 8.42 Å². The molecule has 0 saturated carbocycles. The third-order valence-corrected chi connectivity index (χ3v) is 5.59. The molecule has 0 fully saturated rings. The van der Waals surface area contributed by atoms with Crippen molar-refractivity contribution in [2.75, 3.05) is 12.5 Å². The Kier molecular flexibility index (Phi) is 6.33. The molecule has 0 radical (unpaired) electrons. The summed E-state index contributed by atoms with van der Waals surface area (Å²) in [4.78, 5) is 13.5. The highest BCUT2D eigenvalue weighted by Crippen LogP contribution is 2.43. The van der Waals surface area contributed by atoms with E-state index in [4.69, 9.17) is 18.4 Å². The van der Waals surface area contributed by atoms with Crippen molar-refractivity contribution in [3.05, 3.63) is 39.5 Å². The molecule has 0 spiro atoms. The van der Waals surface area contributed by atoms with Gasteiger partial charge in [-0.1, -0.05) is 13.3 Å². The van der Waals surface area contributed by atoms with Crippen LogP contribution in [-0.2, 0) is 22.5 Å². The van der Waals surface area contributed by atoms with E-state index in [2.05, 4.69) is 6.92 Å². The first kappa shape index (κ1) is 20.7. The van der Waals surface area contributed by atoms with Crippen LogP contribution in [0.4, 0.5) is 0 Å². The Balaban J connectivity index is 2.00. The first-order chi connectivity index (χ1) is 13.3. The molecule has 0 atom stereocenters. The van der Waals surface area contributed by atoms with Gasteiger partial charge in [0, 0.05) is 16.2 Å². The molecule has 152 valence electrons. The summed E-state index contributed by atoms with van der Waals surface area (Å²) < 4.78 is 47.1. The summed E-state index contributed by atoms with van der Waals surface area (Å²) in [5.41, 5.74) is 0.342. The van der Waals surface area contributed by atoms with E-state index >= 15 is 0 Å². The predicted molar refractivity (Wildman–Crippen MR) is 103 cm³/mol. The molecule has 3 rings (SSSR count). The van der Waals surface area contributed by atoms with Gasteiger partial charge in [-0.3, -0.25) is 9.35 Å². The highest BCUT2D eigenvalue weighted by Gasteiger charge is 2.27. The number of hydrogen-bond donors (Lipinski definition) is 2. The second kappa shape index (κ2) is 8.56. The molecule has 10 heteroatoms. The fourth-order valence-corrected chi connectivity index (χ4v) is 4.04. The minimum absolute atomic E-state index is 0.189. The van der Waals surface area contributed by atoms with E-state index in [1.165, 1.54) is 11.8 Å². The summed E-state index contributed by atoms with van der Waals surface area (Å²) in [5, 5.41) is 9.49. The topological polar surface area (TPSA) is 123 Å². The van der Waals surface area contributed by atoms with Gasteiger partial charge in [0.05, 0.1) is 18.8 Å². The van der Waals surface area contributed by atoms with Gasteiger partial charge in [0.25, 0.3) is 5.95 Å². The molecule has 2 heterocycles. The summed E-state index contributed by atoms with van der Waals surface area (Å²) >= 11 is 1.44. The molecule has 28 heavy (non-hydrogen) atoms. The lowest BCUT2D eigenvalue weighted by molar-refractivity contribution is 0.233. The maximum Gasteiger partial charge on any atom is 0.300 e. The minimum atomic E-state index is -4.45. The van der Waals surface area contributed by atoms with Crippen LogP contribution in [0.1, 0.15) is 30.9 Å². The van der Waals surface area contributed by atoms with Crippen LogP contribution in [0.3, 0.4) is 0 Å². The summed E-state index contributed by atoms with van der Waals surface area (Å²) in [7, 11) is -4.45. The maximum absolute atomic E-state index is 12.7. The number of hydrogen-bond acceptors (Lipinski definition) is 8. The normalized spacial score (nSPS) is 13.0. The largest absolute Gasteiger partial charge is 0.494 e. The molecule has 0 aliphatic carbocycles. The van der Waals surface area contributed by atoms with Crippen LogP contribution in [-0.4, -0.2) is 30.6 Å². The highest BCUT2D eigenvalue weighted by atomic mass is 32.2. The van der Waals surface area contributed by atoms with Crippen molar-refractivity contribution in [2.45, 2.75) is 37.0 Å². The van der Waals surface area contributed by atoms with Crippen molar-refractivity contribution in [1.29, 1.82) is 0 Å². The molecule has 1 aliphatic rings. The van der Waals surface area contributed by atoms with Gasteiger partial charge < -0.3 is 19.0 Å². The highest BCUT2D eigenvalue weighted by molar-refractivity contribution is 7.98. The van der Waals surface area contributed by atoms with Crippen LogP contribution in [0.5, 0.6) is 11.7 Å². The van der Waals surface area contributed by atoms with Gasteiger partial charge in [0.15, 0.2) is 5.43 Å². The van der Waals surface area contributed by atoms with Crippen LogP contribution in [0.25, 0.3) is 11.3 Å². The Morgan fingerprint density at radius 3 is 2.75 bits per heavy atom. The Labute approximate surface area is 166 Å². The maximum atomic E-state index is 12.7. The molecule has 1 aromatic heterocycles. The lowest BCUT2D eigenvalue weighted by Gasteiger charge is -2.20. The van der Waals surface area contributed by atoms with Crippen LogP contribution in [0, 0.1) is 0 Å². The summed E-state index contributed by atoms with van der Waals surface area (Å²) in [6, 6.07) is 5.38. The fraction of sp³-hybridized carbons (Fsp3) is 0.389. The van der Waals surface area contributed by atoms with Crippen LogP contribution in [0.2, 0.25) is 0 Å². The third kappa shape index (κ3) is 4.52. The minimum Gasteiger partial charge on any atom is -0.494 e. The Hall–Kier alpha value is -2.01. The van der Waals surface area contributed by atoms with Crippen molar-refractivity contribution in [1.82, 2.24) is 0 Å². The molecule has 2 aromatic rings. The van der Waals surface area contributed by atoms with Gasteiger partial charge in [-0.25, -0.2) is 0 Å². The van der Waals surface area contributed by atoms with E-state index in [9.17, 15) is 18.3 Å². The summed E-state index contributed by atoms with van der Waals surface area (Å²) in [5.74, 6) is -0.228. The number of ether oxygens (including phenoxy) is 2. The number of thioether (sulfide) groups is 1. The van der Waals surface area contributed by atoms with Crippen LogP contribution >= 0.6 is 11.8 Å². The predicted octanol–water partition coefficient (Wildman–Crippen LogP) is 2.81. The zero-order chi connectivity index (χ0) is 20.3. The smallest absolute Gasteiger partial charge is 0.300 e. The van der Waals surface area contributed by atoms with Gasteiger partial charge in [0.1, 0.15) is 17.1 Å². The van der Waals surface area contributed by atoms with E-state index in [1.807, 2.05) is 6.07 Å². The number of benzene rings is 1. The van der Waals surface area contributed by atoms with Crippen molar-refractivity contribution >= 4 is 21.9 Å². The second-order valence-corrected chi connectivity index (χ2v) is 8.57. The van der Waals surface area contributed by atoms with Crippen molar-refractivity contribution < 1.29 is 32.0 Å². The van der Waals surface area contributed by atoms with Crippen molar-refractivity contribution in [3.63, 3.8) is 0 Å². The van der Waals surface area contributed by atoms with E-state index in [0.29, 0.717) is 29.2 Å². The average Bonchev–Trinajstić information content (AvgIpc) is 2.65. The molecule has 0 amide bonds. The molecule has 0 bridgehead atoms. The number of unbranched alkanes of at least 4 members (excludes halogenated alkanes) is 1.